The number of urea groups is 1. The predicted molar refractivity (Wildman–Crippen MR) is 73.8 cm³/mol. The summed E-state index contributed by atoms with van der Waals surface area (Å²) in [6, 6.07) is 7.36. The molecule has 2 heterocycles. The summed E-state index contributed by atoms with van der Waals surface area (Å²) < 4.78 is 0. The smallest absolute Gasteiger partial charge is 0.321 e. The first kappa shape index (κ1) is 13.0. The number of nitrogens with one attached hydrogen (secondary N) is 1. The highest BCUT2D eigenvalue weighted by Gasteiger charge is 2.08. The van der Waals surface area contributed by atoms with Gasteiger partial charge in [0.25, 0.3) is 0 Å². The monoisotopic (exact) mass is 256 g/mol. The van der Waals surface area contributed by atoms with Crippen LogP contribution in [-0.4, -0.2) is 34.5 Å². The van der Waals surface area contributed by atoms with E-state index in [1.807, 2.05) is 18.2 Å². The Hall–Kier alpha value is -2.43. The van der Waals surface area contributed by atoms with Crippen molar-refractivity contribution in [2.45, 2.75) is 6.42 Å². The molecule has 5 nitrogen and oxygen atoms in total. The number of rotatable bonds is 4. The lowest BCUT2D eigenvalue weighted by molar-refractivity contribution is 0.223. The molecule has 5 heteroatoms. The molecule has 98 valence electrons. The topological polar surface area (TPSA) is 58.1 Å². The Kier molecular flexibility index (Phi) is 4.44. The molecule has 0 bridgehead atoms. The van der Waals surface area contributed by atoms with Crippen molar-refractivity contribution in [1.29, 1.82) is 0 Å². The highest BCUT2D eigenvalue weighted by atomic mass is 16.2. The molecule has 2 aromatic heterocycles. The van der Waals surface area contributed by atoms with Gasteiger partial charge in [-0.1, -0.05) is 0 Å². The van der Waals surface area contributed by atoms with E-state index in [9.17, 15) is 4.79 Å². The molecule has 0 aliphatic carbocycles. The fourth-order valence-electron chi connectivity index (χ4n) is 1.60. The summed E-state index contributed by atoms with van der Waals surface area (Å²) in [6.07, 6.45) is 7.60. The van der Waals surface area contributed by atoms with Gasteiger partial charge in [0, 0.05) is 32.2 Å². The van der Waals surface area contributed by atoms with Gasteiger partial charge in [-0.3, -0.25) is 9.97 Å². The van der Waals surface area contributed by atoms with Crippen molar-refractivity contribution < 1.29 is 4.79 Å². The number of pyridine rings is 2. The van der Waals surface area contributed by atoms with Crippen molar-refractivity contribution in [3.8, 4) is 0 Å². The third-order valence-corrected chi connectivity index (χ3v) is 2.74. The van der Waals surface area contributed by atoms with Crippen LogP contribution >= 0.6 is 0 Å². The fourth-order valence-corrected chi connectivity index (χ4v) is 1.60. The van der Waals surface area contributed by atoms with Gasteiger partial charge >= 0.3 is 6.03 Å². The highest BCUT2D eigenvalue weighted by Crippen LogP contribution is 2.05. The first-order valence-electron chi connectivity index (χ1n) is 6.07. The molecule has 2 aromatic rings. The van der Waals surface area contributed by atoms with Gasteiger partial charge in [-0.05, 0) is 36.2 Å². The Morgan fingerprint density at radius 1 is 1.21 bits per heavy atom. The Balaban J connectivity index is 1.83. The van der Waals surface area contributed by atoms with Gasteiger partial charge in [0.15, 0.2) is 0 Å². The number of hydrogen-bond acceptors (Lipinski definition) is 3. The third kappa shape index (κ3) is 4.06. The molecule has 0 saturated carbocycles. The van der Waals surface area contributed by atoms with Gasteiger partial charge in [-0.15, -0.1) is 0 Å². The maximum absolute atomic E-state index is 11.9. The Morgan fingerprint density at radius 3 is 2.68 bits per heavy atom. The average Bonchev–Trinajstić information content (AvgIpc) is 2.47. The second-order valence-corrected chi connectivity index (χ2v) is 4.20. The van der Waals surface area contributed by atoms with E-state index in [1.165, 1.54) is 0 Å². The largest absolute Gasteiger partial charge is 0.327 e. The molecule has 19 heavy (non-hydrogen) atoms. The van der Waals surface area contributed by atoms with Gasteiger partial charge in [0.05, 0.1) is 11.9 Å². The van der Waals surface area contributed by atoms with Crippen LogP contribution in [0.4, 0.5) is 10.5 Å². The SMILES string of the molecule is CN(CCc1ccncc1)C(=O)Nc1cccnc1. The number of anilines is 1. The Morgan fingerprint density at radius 2 is 2.00 bits per heavy atom. The number of nitrogens with zero attached hydrogens (tertiary/aromatic N) is 3. The van der Waals surface area contributed by atoms with Crippen LogP contribution in [0.15, 0.2) is 49.1 Å². The van der Waals surface area contributed by atoms with Gasteiger partial charge in [-0.2, -0.15) is 0 Å². The standard InChI is InChI=1S/C14H16N4O/c1-18(10-6-12-4-8-15-9-5-12)14(19)17-13-3-2-7-16-11-13/h2-5,7-9,11H,6,10H2,1H3,(H,17,19). The second-order valence-electron chi connectivity index (χ2n) is 4.20. The summed E-state index contributed by atoms with van der Waals surface area (Å²) in [6.45, 7) is 0.649. The van der Waals surface area contributed by atoms with E-state index in [1.54, 1.807) is 42.8 Å². The van der Waals surface area contributed by atoms with E-state index in [0.29, 0.717) is 12.2 Å². The van der Waals surface area contributed by atoms with Crippen molar-refractivity contribution in [1.82, 2.24) is 14.9 Å². The Bertz CT molecular complexity index is 515. The molecular formula is C14H16N4O. The van der Waals surface area contributed by atoms with Crippen molar-refractivity contribution in [3.63, 3.8) is 0 Å². The molecule has 0 unspecified atom stereocenters. The minimum atomic E-state index is -0.137. The van der Waals surface area contributed by atoms with E-state index < -0.39 is 0 Å². The zero-order valence-corrected chi connectivity index (χ0v) is 10.8. The molecular weight excluding hydrogens is 240 g/mol. The summed E-state index contributed by atoms with van der Waals surface area (Å²) in [5.74, 6) is 0. The van der Waals surface area contributed by atoms with Crippen LogP contribution in [0, 0.1) is 0 Å². The van der Waals surface area contributed by atoms with Gasteiger partial charge < -0.3 is 10.2 Å². The molecule has 0 aromatic carbocycles. The zero-order chi connectivity index (χ0) is 13.5. The van der Waals surface area contributed by atoms with E-state index in [-0.39, 0.29) is 6.03 Å². The molecule has 2 amide bonds. The van der Waals surface area contributed by atoms with Crippen molar-refractivity contribution in [2.24, 2.45) is 0 Å². The lowest BCUT2D eigenvalue weighted by atomic mass is 10.2. The average molecular weight is 256 g/mol. The number of carbonyl (C=O) groups excluding carboxylic acids is 1. The van der Waals surface area contributed by atoms with Crippen LogP contribution < -0.4 is 5.32 Å². The summed E-state index contributed by atoms with van der Waals surface area (Å²) in [5, 5.41) is 2.79. The number of carbonyl (C=O) groups is 1. The van der Waals surface area contributed by atoms with Crippen molar-refractivity contribution >= 4 is 11.7 Å². The normalized spacial score (nSPS) is 9.95. The molecule has 0 fully saturated rings. The van der Waals surface area contributed by atoms with Crippen LogP contribution in [0.5, 0.6) is 0 Å². The summed E-state index contributed by atoms with van der Waals surface area (Å²) in [4.78, 5) is 21.5. The number of hydrogen-bond donors (Lipinski definition) is 1. The minimum Gasteiger partial charge on any atom is -0.327 e. The molecule has 2 rings (SSSR count). The molecule has 0 saturated heterocycles. The molecule has 0 atom stereocenters. The number of amides is 2. The molecule has 0 spiro atoms. The van der Waals surface area contributed by atoms with Crippen LogP contribution in [0.2, 0.25) is 0 Å². The number of aromatic nitrogens is 2. The first-order chi connectivity index (χ1) is 9.25. The highest BCUT2D eigenvalue weighted by molar-refractivity contribution is 5.88. The van der Waals surface area contributed by atoms with E-state index in [0.717, 1.165) is 12.0 Å². The van der Waals surface area contributed by atoms with Crippen LogP contribution in [0.1, 0.15) is 5.56 Å². The van der Waals surface area contributed by atoms with Crippen molar-refractivity contribution in [3.05, 3.63) is 54.6 Å². The van der Waals surface area contributed by atoms with Crippen LogP contribution in [0.3, 0.4) is 0 Å². The fraction of sp³-hybridized carbons (Fsp3) is 0.214. The van der Waals surface area contributed by atoms with Crippen LogP contribution in [-0.2, 0) is 6.42 Å². The first-order valence-corrected chi connectivity index (χ1v) is 6.07. The predicted octanol–water partition coefficient (Wildman–Crippen LogP) is 2.18. The van der Waals surface area contributed by atoms with Crippen LogP contribution in [0.25, 0.3) is 0 Å². The molecule has 0 aliphatic heterocycles. The van der Waals surface area contributed by atoms with E-state index >= 15 is 0 Å². The quantitative estimate of drug-likeness (QED) is 0.912. The van der Waals surface area contributed by atoms with Crippen molar-refractivity contribution in [2.75, 3.05) is 18.9 Å². The second kappa shape index (κ2) is 6.49. The van der Waals surface area contributed by atoms with Gasteiger partial charge in [0.2, 0.25) is 0 Å². The molecule has 0 aliphatic rings. The van der Waals surface area contributed by atoms with E-state index in [4.69, 9.17) is 0 Å². The minimum absolute atomic E-state index is 0.137. The lowest BCUT2D eigenvalue weighted by Gasteiger charge is -2.17. The maximum Gasteiger partial charge on any atom is 0.321 e. The summed E-state index contributed by atoms with van der Waals surface area (Å²) >= 11 is 0. The van der Waals surface area contributed by atoms with E-state index in [2.05, 4.69) is 15.3 Å². The zero-order valence-electron chi connectivity index (χ0n) is 10.8. The molecule has 1 N–H and O–H groups in total. The van der Waals surface area contributed by atoms with Gasteiger partial charge in [-0.25, -0.2) is 4.79 Å². The Labute approximate surface area is 112 Å². The maximum atomic E-state index is 11.9. The van der Waals surface area contributed by atoms with Gasteiger partial charge in [0.1, 0.15) is 0 Å². The molecule has 0 radical (unpaired) electrons. The number of likely N-dealkylation sites (N-methyl/N-ethyl adjacent to an activating group) is 1. The lowest BCUT2D eigenvalue weighted by Crippen LogP contribution is -2.33. The summed E-state index contributed by atoms with van der Waals surface area (Å²) in [7, 11) is 1.77. The summed E-state index contributed by atoms with van der Waals surface area (Å²) in [5.41, 5.74) is 1.86. The third-order valence-electron chi connectivity index (χ3n) is 2.74.